The molecule has 0 spiro atoms. The molecule has 1 amide bonds. The van der Waals surface area contributed by atoms with E-state index in [1.165, 1.54) is 12.6 Å². The van der Waals surface area contributed by atoms with E-state index in [1.54, 1.807) is 24.3 Å². The maximum atomic E-state index is 14.3. The van der Waals surface area contributed by atoms with Crippen molar-refractivity contribution in [3.8, 4) is 5.88 Å². The molecule has 2 aliphatic heterocycles. The third kappa shape index (κ3) is 4.02. The zero-order chi connectivity index (χ0) is 21.5. The first-order valence-corrected chi connectivity index (χ1v) is 11.3. The number of alkyl halides is 1. The summed E-state index contributed by atoms with van der Waals surface area (Å²) in [5.41, 5.74) is 1.76. The van der Waals surface area contributed by atoms with E-state index < -0.39 is 28.2 Å². The van der Waals surface area contributed by atoms with Gasteiger partial charge >= 0.3 is 6.09 Å². The Labute approximate surface area is 173 Å². The van der Waals surface area contributed by atoms with Crippen LogP contribution in [0, 0.1) is 0 Å². The molecule has 0 saturated carbocycles. The third-order valence-corrected chi connectivity index (χ3v) is 6.41. The number of aromatic nitrogens is 2. The highest BCUT2D eigenvalue weighted by Crippen LogP contribution is 2.35. The summed E-state index contributed by atoms with van der Waals surface area (Å²) >= 11 is 0. The molecule has 2 aliphatic rings. The number of carbonyl (C=O) groups is 1. The van der Waals surface area contributed by atoms with Gasteiger partial charge in [0.05, 0.1) is 11.4 Å². The Balaban J connectivity index is 1.51. The largest absolute Gasteiger partial charge is 0.471 e. The lowest BCUT2D eigenvalue weighted by Gasteiger charge is -2.32. The smallest absolute Gasteiger partial charge is 0.407 e. The van der Waals surface area contributed by atoms with E-state index in [-0.39, 0.29) is 30.3 Å². The second-order valence-corrected chi connectivity index (χ2v) is 9.38. The minimum Gasteiger partial charge on any atom is -0.471 e. The number of halogens is 1. The molecule has 4 rings (SSSR count). The minimum absolute atomic E-state index is 0.195. The molecule has 0 radical (unpaired) electrons. The van der Waals surface area contributed by atoms with Crippen LogP contribution in [0.15, 0.2) is 35.5 Å². The lowest BCUT2D eigenvalue weighted by atomic mass is 10.1. The van der Waals surface area contributed by atoms with Gasteiger partial charge in [-0.25, -0.2) is 27.6 Å². The number of sulfone groups is 1. The number of anilines is 2. The number of ether oxygens (including phenoxy) is 1. The van der Waals surface area contributed by atoms with Gasteiger partial charge in [0.15, 0.2) is 16.0 Å². The van der Waals surface area contributed by atoms with Gasteiger partial charge in [-0.15, -0.1) is 0 Å². The SMILES string of the molecule is CS(=O)(=O)c1ccc2c(c1)CCN2c1cc(O[C@H]2CCN(C(=O)O)C[C@H]2F)ncn1. The van der Waals surface area contributed by atoms with Crippen LogP contribution in [0.25, 0.3) is 0 Å². The molecule has 30 heavy (non-hydrogen) atoms. The van der Waals surface area contributed by atoms with Crippen LogP contribution in [0.4, 0.5) is 20.7 Å². The van der Waals surface area contributed by atoms with Crippen molar-refractivity contribution >= 4 is 27.4 Å². The standard InChI is InChI=1S/C19H21FN4O5S/c1-30(27,28)13-2-3-15-12(8-13)4-7-24(15)17-9-18(22-11-21-17)29-16-5-6-23(19(25)26)10-14(16)20/h2-3,8-9,11,14,16H,4-7,10H2,1H3,(H,25,26)/t14-,16+/m1/s1. The lowest BCUT2D eigenvalue weighted by Crippen LogP contribution is -2.48. The Hall–Kier alpha value is -2.95. The molecule has 3 heterocycles. The van der Waals surface area contributed by atoms with Crippen LogP contribution >= 0.6 is 0 Å². The molecule has 2 atom stereocenters. The normalized spacial score (nSPS) is 21.4. The van der Waals surface area contributed by atoms with Crippen LogP contribution in [0.3, 0.4) is 0 Å². The number of amides is 1. The molecule has 9 nitrogen and oxygen atoms in total. The van der Waals surface area contributed by atoms with Crippen molar-refractivity contribution in [3.63, 3.8) is 0 Å². The first kappa shape index (κ1) is 20.3. The van der Waals surface area contributed by atoms with Gasteiger partial charge in [0, 0.05) is 37.5 Å². The summed E-state index contributed by atoms with van der Waals surface area (Å²) in [6.07, 6.45) is 0.0166. The number of nitrogens with zero attached hydrogens (tertiary/aromatic N) is 4. The van der Waals surface area contributed by atoms with Crippen molar-refractivity contribution in [2.45, 2.75) is 30.0 Å². The predicted octanol–water partition coefficient (Wildman–Crippen LogP) is 2.04. The fraction of sp³-hybridized carbons (Fsp3) is 0.421. The summed E-state index contributed by atoms with van der Waals surface area (Å²) in [7, 11) is -3.28. The monoisotopic (exact) mass is 436 g/mol. The highest BCUT2D eigenvalue weighted by Gasteiger charge is 2.33. The lowest BCUT2D eigenvalue weighted by molar-refractivity contribution is 0.0226. The fourth-order valence-corrected chi connectivity index (χ4v) is 4.41. The topological polar surface area (TPSA) is 113 Å². The second kappa shape index (κ2) is 7.71. The van der Waals surface area contributed by atoms with Crippen molar-refractivity contribution < 1.29 is 27.4 Å². The zero-order valence-electron chi connectivity index (χ0n) is 16.2. The molecule has 1 saturated heterocycles. The van der Waals surface area contributed by atoms with Gasteiger partial charge in [0.25, 0.3) is 0 Å². The summed E-state index contributed by atoms with van der Waals surface area (Å²) in [5.74, 6) is 0.766. The molecule has 2 aromatic rings. The first-order chi connectivity index (χ1) is 14.2. The molecule has 0 aliphatic carbocycles. The molecular formula is C19H21FN4O5S. The average molecular weight is 436 g/mol. The van der Waals surface area contributed by atoms with Crippen molar-refractivity contribution in [1.82, 2.24) is 14.9 Å². The highest BCUT2D eigenvalue weighted by molar-refractivity contribution is 7.90. The first-order valence-electron chi connectivity index (χ1n) is 9.43. The van der Waals surface area contributed by atoms with Crippen LogP contribution in [-0.2, 0) is 16.3 Å². The Kier molecular flexibility index (Phi) is 5.22. The maximum Gasteiger partial charge on any atom is 0.407 e. The van der Waals surface area contributed by atoms with E-state index in [0.29, 0.717) is 18.8 Å². The Morgan fingerprint density at radius 2 is 2.07 bits per heavy atom. The van der Waals surface area contributed by atoms with Crippen molar-refractivity contribution in [2.24, 2.45) is 0 Å². The Bertz CT molecular complexity index is 1080. The quantitative estimate of drug-likeness (QED) is 0.775. The van der Waals surface area contributed by atoms with Crippen LogP contribution in [0.1, 0.15) is 12.0 Å². The number of carboxylic acid groups (broad SMARTS) is 1. The summed E-state index contributed by atoms with van der Waals surface area (Å²) in [6, 6.07) is 6.60. The maximum absolute atomic E-state index is 14.3. The number of fused-ring (bicyclic) bond motifs is 1. The molecule has 0 unspecified atom stereocenters. The van der Waals surface area contributed by atoms with Gasteiger partial charge in [-0.2, -0.15) is 0 Å². The Morgan fingerprint density at radius 3 is 2.77 bits per heavy atom. The van der Waals surface area contributed by atoms with Crippen LogP contribution in [0.5, 0.6) is 5.88 Å². The van der Waals surface area contributed by atoms with E-state index in [2.05, 4.69) is 9.97 Å². The van der Waals surface area contributed by atoms with E-state index >= 15 is 0 Å². The fourth-order valence-electron chi connectivity index (χ4n) is 3.73. The van der Waals surface area contributed by atoms with Gasteiger partial charge in [-0.05, 0) is 30.2 Å². The predicted molar refractivity (Wildman–Crippen MR) is 106 cm³/mol. The van der Waals surface area contributed by atoms with Crippen LogP contribution in [-0.4, -0.2) is 72.7 Å². The molecule has 1 aromatic heterocycles. The zero-order valence-corrected chi connectivity index (χ0v) is 17.0. The second-order valence-electron chi connectivity index (χ2n) is 7.37. The summed E-state index contributed by atoms with van der Waals surface area (Å²) in [5, 5.41) is 8.99. The molecule has 11 heteroatoms. The number of likely N-dealkylation sites (tertiary alicyclic amines) is 1. The summed E-state index contributed by atoms with van der Waals surface area (Å²) in [6.45, 7) is 0.572. The van der Waals surface area contributed by atoms with E-state index in [0.717, 1.165) is 16.2 Å². The van der Waals surface area contributed by atoms with Gasteiger partial charge in [-0.1, -0.05) is 0 Å². The number of hydrogen-bond acceptors (Lipinski definition) is 7. The van der Waals surface area contributed by atoms with E-state index in [9.17, 15) is 17.6 Å². The molecule has 1 aromatic carbocycles. The van der Waals surface area contributed by atoms with Gasteiger partial charge in [0.1, 0.15) is 18.2 Å². The Morgan fingerprint density at radius 1 is 1.27 bits per heavy atom. The molecule has 1 fully saturated rings. The third-order valence-electron chi connectivity index (χ3n) is 5.30. The van der Waals surface area contributed by atoms with E-state index in [4.69, 9.17) is 9.84 Å². The number of piperidine rings is 1. The summed E-state index contributed by atoms with van der Waals surface area (Å²) in [4.78, 5) is 22.6. The summed E-state index contributed by atoms with van der Waals surface area (Å²) < 4.78 is 43.6. The molecule has 160 valence electrons. The van der Waals surface area contributed by atoms with Crippen molar-refractivity contribution in [3.05, 3.63) is 36.2 Å². The molecule has 0 bridgehead atoms. The van der Waals surface area contributed by atoms with Crippen molar-refractivity contribution in [1.29, 1.82) is 0 Å². The van der Waals surface area contributed by atoms with Crippen molar-refractivity contribution in [2.75, 3.05) is 30.8 Å². The number of hydrogen-bond donors (Lipinski definition) is 1. The van der Waals surface area contributed by atoms with Gasteiger partial charge < -0.3 is 19.6 Å². The number of benzene rings is 1. The van der Waals surface area contributed by atoms with Crippen LogP contribution in [0.2, 0.25) is 0 Å². The molecular weight excluding hydrogens is 415 g/mol. The highest BCUT2D eigenvalue weighted by atomic mass is 32.2. The van der Waals surface area contributed by atoms with E-state index in [1.807, 2.05) is 4.90 Å². The van der Waals surface area contributed by atoms with Crippen LogP contribution < -0.4 is 9.64 Å². The average Bonchev–Trinajstić information content (AvgIpc) is 3.12. The molecule has 1 N–H and O–H groups in total. The number of rotatable bonds is 4. The van der Waals surface area contributed by atoms with Gasteiger partial charge in [0.2, 0.25) is 5.88 Å². The minimum atomic E-state index is -3.28. The van der Waals surface area contributed by atoms with Gasteiger partial charge in [-0.3, -0.25) is 0 Å².